The minimum absolute atomic E-state index is 0.0334. The average Bonchev–Trinajstić information content (AvgIpc) is 3.14. The summed E-state index contributed by atoms with van der Waals surface area (Å²) in [4.78, 5) is 26.2. The summed E-state index contributed by atoms with van der Waals surface area (Å²) in [6.45, 7) is 3.10. The van der Waals surface area contributed by atoms with E-state index in [0.717, 1.165) is 38.0 Å². The number of hydrogen-bond acceptors (Lipinski definition) is 5. The van der Waals surface area contributed by atoms with Crippen molar-refractivity contribution < 1.29 is 9.53 Å². The van der Waals surface area contributed by atoms with Gasteiger partial charge >= 0.3 is 0 Å². The Morgan fingerprint density at radius 2 is 2.20 bits per heavy atom. The largest absolute Gasteiger partial charge is 0.381 e. The zero-order valence-electron chi connectivity index (χ0n) is 11.5. The molecule has 3 rings (SSSR count). The van der Waals surface area contributed by atoms with E-state index in [1.54, 1.807) is 12.3 Å². The molecule has 2 aliphatic heterocycles. The third-order valence-corrected chi connectivity index (χ3v) is 4.02. The van der Waals surface area contributed by atoms with Gasteiger partial charge in [-0.1, -0.05) is 0 Å². The number of aromatic nitrogens is 2. The molecule has 0 aromatic carbocycles. The Bertz CT molecular complexity index is 543. The average molecular weight is 277 g/mol. The van der Waals surface area contributed by atoms with Crippen LogP contribution in [0.4, 0.5) is 5.69 Å². The first-order valence-electron chi connectivity index (χ1n) is 7.16. The molecule has 0 saturated carbocycles. The maximum Gasteiger partial charge on any atom is 0.269 e. The van der Waals surface area contributed by atoms with Crippen molar-refractivity contribution in [2.24, 2.45) is 5.92 Å². The summed E-state index contributed by atoms with van der Waals surface area (Å²) in [6.07, 6.45) is 4.75. The van der Waals surface area contributed by atoms with E-state index in [4.69, 9.17) is 4.74 Å². The number of carbonyl (C=O) groups excluding carboxylic acids is 1. The zero-order valence-corrected chi connectivity index (χ0v) is 11.5. The smallest absolute Gasteiger partial charge is 0.269 e. The molecule has 1 aromatic rings. The molecular formula is C14H19N3O3. The van der Waals surface area contributed by atoms with Gasteiger partial charge < -0.3 is 9.64 Å². The third-order valence-electron chi connectivity index (χ3n) is 4.02. The van der Waals surface area contributed by atoms with Crippen molar-refractivity contribution in [2.75, 3.05) is 31.2 Å². The van der Waals surface area contributed by atoms with Gasteiger partial charge in [-0.15, -0.1) is 0 Å². The lowest BCUT2D eigenvalue weighted by molar-refractivity contribution is -0.123. The molecule has 108 valence electrons. The topological polar surface area (TPSA) is 64.4 Å². The van der Waals surface area contributed by atoms with Gasteiger partial charge in [0.05, 0.1) is 18.5 Å². The maximum atomic E-state index is 12.0. The van der Waals surface area contributed by atoms with Crippen molar-refractivity contribution in [2.45, 2.75) is 25.8 Å². The minimum Gasteiger partial charge on any atom is -0.381 e. The molecule has 0 N–H and O–H groups in total. The van der Waals surface area contributed by atoms with Crippen molar-refractivity contribution in [3.05, 3.63) is 22.6 Å². The van der Waals surface area contributed by atoms with Crippen LogP contribution in [0.25, 0.3) is 0 Å². The summed E-state index contributed by atoms with van der Waals surface area (Å²) in [7, 11) is 0. The van der Waals surface area contributed by atoms with E-state index in [1.807, 2.05) is 0 Å². The monoisotopic (exact) mass is 277 g/mol. The van der Waals surface area contributed by atoms with Crippen LogP contribution in [0.1, 0.15) is 19.3 Å². The summed E-state index contributed by atoms with van der Waals surface area (Å²) >= 11 is 0. The quantitative estimate of drug-likeness (QED) is 0.799. The fourth-order valence-electron chi connectivity index (χ4n) is 2.76. The van der Waals surface area contributed by atoms with Crippen LogP contribution < -0.4 is 10.5 Å². The highest BCUT2D eigenvalue weighted by atomic mass is 16.5. The van der Waals surface area contributed by atoms with Crippen LogP contribution in [0.2, 0.25) is 0 Å². The molecule has 0 aliphatic carbocycles. The lowest BCUT2D eigenvalue weighted by Crippen LogP contribution is -2.31. The first kappa shape index (κ1) is 13.3. The fraction of sp³-hybridized carbons (Fsp3) is 0.643. The molecule has 0 bridgehead atoms. The van der Waals surface area contributed by atoms with Gasteiger partial charge in [0.25, 0.3) is 5.56 Å². The second-order valence-corrected chi connectivity index (χ2v) is 5.43. The lowest BCUT2D eigenvalue weighted by atomic mass is 10.0. The molecule has 0 spiro atoms. The van der Waals surface area contributed by atoms with Crippen LogP contribution in [0.15, 0.2) is 17.1 Å². The van der Waals surface area contributed by atoms with Gasteiger partial charge in [-0.05, 0) is 19.3 Å². The molecular weight excluding hydrogens is 258 g/mol. The Morgan fingerprint density at radius 3 is 2.85 bits per heavy atom. The highest BCUT2D eigenvalue weighted by molar-refractivity contribution is 5.81. The second kappa shape index (κ2) is 5.75. The minimum atomic E-state index is -0.207. The predicted octanol–water partition coefficient (Wildman–Crippen LogP) is 0.449. The standard InChI is InChI=1S/C14H19N3O3/c18-13(11-3-6-20-10-11)9-17-14(19)7-12(8-15-17)16-4-1-2-5-16/h7-8,11H,1-6,9-10H2. The predicted molar refractivity (Wildman–Crippen MR) is 73.9 cm³/mol. The van der Waals surface area contributed by atoms with Gasteiger partial charge in [0.15, 0.2) is 5.78 Å². The van der Waals surface area contributed by atoms with Gasteiger partial charge in [0.1, 0.15) is 6.54 Å². The maximum absolute atomic E-state index is 12.0. The Labute approximate surface area is 117 Å². The van der Waals surface area contributed by atoms with Crippen molar-refractivity contribution in [3.8, 4) is 0 Å². The van der Waals surface area contributed by atoms with Crippen LogP contribution in [-0.4, -0.2) is 41.9 Å². The van der Waals surface area contributed by atoms with E-state index in [1.165, 1.54) is 4.68 Å². The van der Waals surface area contributed by atoms with E-state index < -0.39 is 0 Å². The lowest BCUT2D eigenvalue weighted by Gasteiger charge is -2.17. The molecule has 2 aliphatic rings. The first-order chi connectivity index (χ1) is 9.74. The van der Waals surface area contributed by atoms with Crippen LogP contribution in [0, 0.1) is 5.92 Å². The molecule has 0 radical (unpaired) electrons. The van der Waals surface area contributed by atoms with E-state index in [2.05, 4.69) is 10.00 Å². The number of ether oxygens (including phenoxy) is 1. The number of anilines is 1. The summed E-state index contributed by atoms with van der Waals surface area (Å²) in [5, 5.41) is 4.14. The molecule has 1 atom stereocenters. The van der Waals surface area contributed by atoms with Crippen molar-refractivity contribution >= 4 is 11.5 Å². The van der Waals surface area contributed by atoms with Crippen molar-refractivity contribution in [1.82, 2.24) is 9.78 Å². The van der Waals surface area contributed by atoms with Gasteiger partial charge in [0.2, 0.25) is 0 Å². The molecule has 1 aromatic heterocycles. The summed E-state index contributed by atoms with van der Waals surface area (Å²) in [5.41, 5.74) is 0.655. The highest BCUT2D eigenvalue weighted by Crippen LogP contribution is 2.17. The third kappa shape index (κ3) is 2.75. The van der Waals surface area contributed by atoms with E-state index in [0.29, 0.717) is 13.2 Å². The molecule has 6 heteroatoms. The number of nitrogens with zero attached hydrogens (tertiary/aromatic N) is 3. The first-order valence-corrected chi connectivity index (χ1v) is 7.16. The fourth-order valence-corrected chi connectivity index (χ4v) is 2.76. The molecule has 2 fully saturated rings. The molecule has 2 saturated heterocycles. The zero-order chi connectivity index (χ0) is 13.9. The molecule has 3 heterocycles. The number of Topliss-reactive ketones (excluding diaryl/α,β-unsaturated/α-hetero) is 1. The van der Waals surface area contributed by atoms with Gasteiger partial charge in [-0.25, -0.2) is 4.68 Å². The van der Waals surface area contributed by atoms with Crippen molar-refractivity contribution in [1.29, 1.82) is 0 Å². The number of carbonyl (C=O) groups is 1. The van der Waals surface area contributed by atoms with Gasteiger partial charge in [0, 0.05) is 31.7 Å². The number of hydrogen-bond donors (Lipinski definition) is 0. The SMILES string of the molecule is O=C(Cn1ncc(N2CCCC2)cc1=O)C1CCOC1. The van der Waals surface area contributed by atoms with E-state index >= 15 is 0 Å². The molecule has 1 unspecified atom stereocenters. The summed E-state index contributed by atoms with van der Waals surface area (Å²) in [6, 6.07) is 1.58. The molecule has 0 amide bonds. The normalized spacial score (nSPS) is 22.4. The highest BCUT2D eigenvalue weighted by Gasteiger charge is 2.24. The Balaban J connectivity index is 1.70. The Morgan fingerprint density at radius 1 is 1.40 bits per heavy atom. The Hall–Kier alpha value is -1.69. The van der Waals surface area contributed by atoms with Crippen LogP contribution in [0.5, 0.6) is 0 Å². The van der Waals surface area contributed by atoms with Gasteiger partial charge in [-0.2, -0.15) is 5.10 Å². The van der Waals surface area contributed by atoms with E-state index in [9.17, 15) is 9.59 Å². The summed E-state index contributed by atoms with van der Waals surface area (Å²) < 4.78 is 6.45. The Kier molecular flexibility index (Phi) is 3.82. The molecule has 6 nitrogen and oxygen atoms in total. The number of rotatable bonds is 4. The number of ketones is 1. The van der Waals surface area contributed by atoms with Crippen LogP contribution in [0.3, 0.4) is 0 Å². The second-order valence-electron chi connectivity index (χ2n) is 5.43. The summed E-state index contributed by atoms with van der Waals surface area (Å²) in [5.74, 6) is -0.0482. The van der Waals surface area contributed by atoms with Crippen LogP contribution >= 0.6 is 0 Å². The van der Waals surface area contributed by atoms with Gasteiger partial charge in [-0.3, -0.25) is 9.59 Å². The molecule has 20 heavy (non-hydrogen) atoms. The van der Waals surface area contributed by atoms with Crippen LogP contribution in [-0.2, 0) is 16.1 Å². The van der Waals surface area contributed by atoms with Crippen molar-refractivity contribution in [3.63, 3.8) is 0 Å². The van der Waals surface area contributed by atoms with E-state index in [-0.39, 0.29) is 23.8 Å².